The number of amides is 2. The van der Waals surface area contributed by atoms with Gasteiger partial charge in [-0.25, -0.2) is 9.59 Å². The van der Waals surface area contributed by atoms with Crippen LogP contribution in [-0.2, 0) is 14.3 Å². The van der Waals surface area contributed by atoms with Crippen LogP contribution in [0.5, 0.6) is 0 Å². The van der Waals surface area contributed by atoms with Gasteiger partial charge in [-0.15, -0.1) is 0 Å². The summed E-state index contributed by atoms with van der Waals surface area (Å²) in [4.78, 5) is 35.0. The van der Waals surface area contributed by atoms with Gasteiger partial charge in [0.05, 0.1) is 18.0 Å². The third-order valence-corrected chi connectivity index (χ3v) is 2.76. The van der Waals surface area contributed by atoms with Crippen molar-refractivity contribution in [2.75, 3.05) is 0 Å². The first kappa shape index (κ1) is 22.0. The topological polar surface area (TPSA) is 114 Å². The van der Waals surface area contributed by atoms with E-state index >= 15 is 0 Å². The highest BCUT2D eigenvalue weighted by molar-refractivity contribution is 5.73. The summed E-state index contributed by atoms with van der Waals surface area (Å²) in [5.41, 5.74) is -2.49. The molecule has 1 atom stereocenters. The highest BCUT2D eigenvalue weighted by Crippen LogP contribution is 2.16. The monoisotopic (exact) mass is 346 g/mol. The number of hydrogen-bond donors (Lipinski definition) is 3. The molecule has 3 N–H and O–H groups in total. The Balaban J connectivity index is 5.09. The van der Waals surface area contributed by atoms with E-state index in [1.807, 2.05) is 0 Å². The van der Waals surface area contributed by atoms with E-state index in [0.717, 1.165) is 0 Å². The number of carbonyl (C=O) groups excluding carboxylic acids is 2. The molecule has 0 aliphatic carbocycles. The number of ether oxygens (including phenoxy) is 2. The molecule has 8 nitrogen and oxygen atoms in total. The van der Waals surface area contributed by atoms with Gasteiger partial charge in [-0.05, 0) is 55.4 Å². The van der Waals surface area contributed by atoms with Crippen LogP contribution >= 0.6 is 0 Å². The van der Waals surface area contributed by atoms with Gasteiger partial charge in [-0.3, -0.25) is 4.79 Å². The molecule has 0 radical (unpaired) electrons. The van der Waals surface area contributed by atoms with Crippen LogP contribution in [0.2, 0.25) is 0 Å². The molecule has 0 saturated carbocycles. The summed E-state index contributed by atoms with van der Waals surface area (Å²) in [6.45, 7) is 13.4. The van der Waals surface area contributed by atoms with E-state index < -0.39 is 40.9 Å². The lowest BCUT2D eigenvalue weighted by atomic mass is 9.92. The van der Waals surface area contributed by atoms with Gasteiger partial charge >= 0.3 is 18.2 Å². The molecule has 8 heteroatoms. The molecule has 0 aliphatic heterocycles. The highest BCUT2D eigenvalue weighted by Gasteiger charge is 2.36. The van der Waals surface area contributed by atoms with Crippen LogP contribution in [0.15, 0.2) is 0 Å². The lowest BCUT2D eigenvalue weighted by Crippen LogP contribution is -2.60. The summed E-state index contributed by atoms with van der Waals surface area (Å²) < 4.78 is 10.3. The number of hydrogen-bond acceptors (Lipinski definition) is 5. The molecular weight excluding hydrogens is 316 g/mol. The zero-order valence-corrected chi connectivity index (χ0v) is 15.8. The number of carbonyl (C=O) groups is 3. The van der Waals surface area contributed by atoms with E-state index in [4.69, 9.17) is 14.6 Å². The van der Waals surface area contributed by atoms with E-state index in [0.29, 0.717) is 0 Å². The number of nitrogens with one attached hydrogen (secondary N) is 2. The summed E-state index contributed by atoms with van der Waals surface area (Å²) in [6, 6.07) is -0.891. The zero-order chi connectivity index (χ0) is 19.3. The first-order chi connectivity index (χ1) is 10.5. The fourth-order valence-electron chi connectivity index (χ4n) is 1.76. The summed E-state index contributed by atoms with van der Waals surface area (Å²) >= 11 is 0. The van der Waals surface area contributed by atoms with Crippen LogP contribution in [0.1, 0.15) is 61.8 Å². The maximum absolute atomic E-state index is 12.0. The summed E-state index contributed by atoms with van der Waals surface area (Å²) in [6.07, 6.45) is -1.84. The van der Waals surface area contributed by atoms with Crippen molar-refractivity contribution in [3.05, 3.63) is 0 Å². The highest BCUT2D eigenvalue weighted by atomic mass is 16.6. The van der Waals surface area contributed by atoms with E-state index in [9.17, 15) is 14.4 Å². The number of alkyl carbamates (subject to hydrolysis) is 2. The van der Waals surface area contributed by atoms with Crippen LogP contribution in [0.25, 0.3) is 0 Å². The van der Waals surface area contributed by atoms with Gasteiger partial charge in [0.15, 0.2) is 0 Å². The third kappa shape index (κ3) is 9.91. The van der Waals surface area contributed by atoms with Crippen molar-refractivity contribution in [1.82, 2.24) is 10.6 Å². The van der Waals surface area contributed by atoms with Crippen LogP contribution in [0, 0.1) is 0 Å². The Morgan fingerprint density at radius 2 is 1.29 bits per heavy atom. The fraction of sp³-hybridized carbons (Fsp3) is 0.812. The number of carboxylic acids is 1. The summed E-state index contributed by atoms with van der Waals surface area (Å²) in [5.74, 6) is -1.12. The Morgan fingerprint density at radius 1 is 0.875 bits per heavy atom. The average Bonchev–Trinajstić information content (AvgIpc) is 2.20. The molecule has 0 bridgehead atoms. The average molecular weight is 346 g/mol. The van der Waals surface area contributed by atoms with Gasteiger partial charge in [0, 0.05) is 0 Å². The standard InChI is InChI=1S/C16H30N2O6/c1-14(2,3)23-12(21)17-10(9-11(19)20)16(7,8)18-13(22)24-15(4,5)6/h10H,9H2,1-8H3,(H,17,21)(H,18,22)(H,19,20). The van der Waals surface area contributed by atoms with Gasteiger partial charge in [-0.2, -0.15) is 0 Å². The Bertz CT molecular complexity index is 474. The van der Waals surface area contributed by atoms with E-state index in [-0.39, 0.29) is 6.42 Å². The number of aliphatic carboxylic acids is 1. The molecule has 140 valence electrons. The van der Waals surface area contributed by atoms with Crippen LogP contribution in [0.3, 0.4) is 0 Å². The molecule has 0 fully saturated rings. The quantitative estimate of drug-likeness (QED) is 0.705. The Morgan fingerprint density at radius 3 is 1.67 bits per heavy atom. The second-order valence-corrected chi connectivity index (χ2v) is 8.15. The molecule has 0 aromatic heterocycles. The van der Waals surface area contributed by atoms with E-state index in [1.165, 1.54) is 0 Å². The first-order valence-corrected chi connectivity index (χ1v) is 7.74. The second kappa shape index (κ2) is 7.72. The maximum atomic E-state index is 12.0. The van der Waals surface area contributed by atoms with Crippen molar-refractivity contribution in [2.24, 2.45) is 0 Å². The first-order valence-electron chi connectivity index (χ1n) is 7.74. The molecule has 0 aromatic rings. The van der Waals surface area contributed by atoms with Crippen LogP contribution < -0.4 is 10.6 Å². The zero-order valence-electron chi connectivity index (χ0n) is 15.8. The molecule has 0 aromatic carbocycles. The van der Waals surface area contributed by atoms with Crippen molar-refractivity contribution in [1.29, 1.82) is 0 Å². The van der Waals surface area contributed by atoms with Crippen molar-refractivity contribution in [2.45, 2.75) is 84.6 Å². The largest absolute Gasteiger partial charge is 0.481 e. The second-order valence-electron chi connectivity index (χ2n) is 8.15. The van der Waals surface area contributed by atoms with Gasteiger partial charge < -0.3 is 25.2 Å². The minimum Gasteiger partial charge on any atom is -0.481 e. The predicted molar refractivity (Wildman–Crippen MR) is 88.9 cm³/mol. The fourth-order valence-corrected chi connectivity index (χ4v) is 1.76. The van der Waals surface area contributed by atoms with Gasteiger partial charge in [0.2, 0.25) is 0 Å². The lowest BCUT2D eigenvalue weighted by molar-refractivity contribution is -0.138. The smallest absolute Gasteiger partial charge is 0.408 e. The summed E-state index contributed by atoms with van der Waals surface area (Å²) in [7, 11) is 0. The Labute approximate surface area is 143 Å². The van der Waals surface area contributed by atoms with Crippen molar-refractivity contribution < 1.29 is 29.0 Å². The molecule has 24 heavy (non-hydrogen) atoms. The Hall–Kier alpha value is -1.99. The third-order valence-electron chi connectivity index (χ3n) is 2.76. The minimum atomic E-state index is -1.12. The lowest BCUT2D eigenvalue weighted by Gasteiger charge is -2.36. The molecular formula is C16H30N2O6. The predicted octanol–water partition coefficient (Wildman–Crippen LogP) is 2.66. The minimum absolute atomic E-state index is 0.387. The summed E-state index contributed by atoms with van der Waals surface area (Å²) in [5, 5.41) is 14.2. The molecule has 1 unspecified atom stereocenters. The van der Waals surface area contributed by atoms with Crippen molar-refractivity contribution >= 4 is 18.2 Å². The molecule has 0 aliphatic rings. The maximum Gasteiger partial charge on any atom is 0.408 e. The SMILES string of the molecule is CC(C)(C)OC(=O)NC(CC(=O)O)C(C)(C)NC(=O)OC(C)(C)C. The van der Waals surface area contributed by atoms with Gasteiger partial charge in [0.25, 0.3) is 0 Å². The molecule has 0 saturated heterocycles. The number of carboxylic acid groups (broad SMARTS) is 1. The van der Waals surface area contributed by atoms with Crippen molar-refractivity contribution in [3.63, 3.8) is 0 Å². The number of rotatable bonds is 5. The molecule has 0 spiro atoms. The van der Waals surface area contributed by atoms with Gasteiger partial charge in [-0.1, -0.05) is 0 Å². The molecule has 0 heterocycles. The van der Waals surface area contributed by atoms with Crippen molar-refractivity contribution in [3.8, 4) is 0 Å². The Kier molecular flexibility index (Phi) is 7.08. The van der Waals surface area contributed by atoms with Gasteiger partial charge in [0.1, 0.15) is 11.2 Å². The normalized spacial score (nSPS) is 13.7. The van der Waals surface area contributed by atoms with E-state index in [2.05, 4.69) is 10.6 Å². The molecule has 2 amide bonds. The van der Waals surface area contributed by atoms with Crippen LogP contribution in [-0.4, -0.2) is 46.0 Å². The molecule has 0 rings (SSSR count). The van der Waals surface area contributed by atoms with E-state index in [1.54, 1.807) is 55.4 Å². The van der Waals surface area contributed by atoms with Crippen LogP contribution in [0.4, 0.5) is 9.59 Å².